The lowest BCUT2D eigenvalue weighted by Gasteiger charge is -2.42. The predicted octanol–water partition coefficient (Wildman–Crippen LogP) is 1.03. The van der Waals surface area contributed by atoms with Crippen LogP contribution >= 0.6 is 0 Å². The molecule has 1 aliphatic heterocycles. The molecule has 1 heterocycles. The molecule has 1 saturated heterocycles. The number of primary amides is 1. The third-order valence-corrected chi connectivity index (χ3v) is 4.57. The van der Waals surface area contributed by atoms with Crippen LogP contribution in [0.15, 0.2) is 24.3 Å². The second-order valence-electron chi connectivity index (χ2n) is 6.40. The number of piperazine rings is 1. The van der Waals surface area contributed by atoms with Crippen LogP contribution in [0.5, 0.6) is 5.75 Å². The first-order chi connectivity index (χ1) is 11.4. The Morgan fingerprint density at radius 2 is 2.00 bits per heavy atom. The summed E-state index contributed by atoms with van der Waals surface area (Å²) in [6, 6.07) is 7.53. The van der Waals surface area contributed by atoms with Crippen molar-refractivity contribution >= 4 is 11.8 Å². The van der Waals surface area contributed by atoms with E-state index in [4.69, 9.17) is 10.5 Å². The van der Waals surface area contributed by atoms with Gasteiger partial charge in [0.05, 0.1) is 7.11 Å². The fourth-order valence-corrected chi connectivity index (χ4v) is 3.20. The second-order valence-corrected chi connectivity index (χ2v) is 6.40. The molecular formula is C18H27N3O3. The number of nitrogens with zero attached hydrogens (tertiary/aromatic N) is 2. The Labute approximate surface area is 143 Å². The summed E-state index contributed by atoms with van der Waals surface area (Å²) in [5, 5.41) is 0. The molecule has 1 atom stereocenters. The van der Waals surface area contributed by atoms with Crippen molar-refractivity contribution in [3.63, 3.8) is 0 Å². The van der Waals surface area contributed by atoms with Gasteiger partial charge in [0.15, 0.2) is 0 Å². The monoisotopic (exact) mass is 333 g/mol. The zero-order valence-electron chi connectivity index (χ0n) is 14.7. The first kappa shape index (κ1) is 18.3. The minimum atomic E-state index is -0.408. The molecule has 2 rings (SSSR count). The first-order valence-corrected chi connectivity index (χ1v) is 8.38. The van der Waals surface area contributed by atoms with Crippen LogP contribution in [0.3, 0.4) is 0 Å². The molecule has 1 aromatic carbocycles. The molecule has 0 spiro atoms. The summed E-state index contributed by atoms with van der Waals surface area (Å²) < 4.78 is 5.32. The van der Waals surface area contributed by atoms with Gasteiger partial charge >= 0.3 is 0 Å². The quantitative estimate of drug-likeness (QED) is 0.844. The fourth-order valence-electron chi connectivity index (χ4n) is 3.20. The Morgan fingerprint density at radius 1 is 1.29 bits per heavy atom. The van der Waals surface area contributed by atoms with E-state index >= 15 is 0 Å². The lowest BCUT2D eigenvalue weighted by Crippen LogP contribution is -2.61. The van der Waals surface area contributed by atoms with Crippen LogP contribution in [-0.2, 0) is 16.0 Å². The maximum Gasteiger partial charge on any atom is 0.236 e. The van der Waals surface area contributed by atoms with Crippen molar-refractivity contribution in [1.82, 2.24) is 9.80 Å². The molecule has 0 bridgehead atoms. The maximum atomic E-state index is 12.5. The first-order valence-electron chi connectivity index (χ1n) is 8.38. The van der Waals surface area contributed by atoms with Crippen LogP contribution in [0, 0.1) is 0 Å². The molecule has 1 aromatic rings. The van der Waals surface area contributed by atoms with Crippen molar-refractivity contribution in [3.8, 4) is 5.75 Å². The Hall–Kier alpha value is -2.08. The van der Waals surface area contributed by atoms with Gasteiger partial charge < -0.3 is 15.4 Å². The number of rotatable bonds is 6. The smallest absolute Gasteiger partial charge is 0.236 e. The van der Waals surface area contributed by atoms with Gasteiger partial charge in [-0.3, -0.25) is 14.5 Å². The minimum Gasteiger partial charge on any atom is -0.496 e. The molecule has 2 N–H and O–H groups in total. The van der Waals surface area contributed by atoms with Gasteiger partial charge in [-0.1, -0.05) is 18.2 Å². The molecule has 1 fully saturated rings. The highest BCUT2D eigenvalue weighted by Crippen LogP contribution is 2.20. The second kappa shape index (κ2) is 8.15. The molecule has 0 unspecified atom stereocenters. The van der Waals surface area contributed by atoms with Crippen molar-refractivity contribution in [3.05, 3.63) is 29.8 Å². The summed E-state index contributed by atoms with van der Waals surface area (Å²) in [5.74, 6) is 0.478. The van der Waals surface area contributed by atoms with Gasteiger partial charge in [0.25, 0.3) is 0 Å². The molecule has 6 heteroatoms. The zero-order chi connectivity index (χ0) is 17.7. The average molecular weight is 333 g/mol. The largest absolute Gasteiger partial charge is 0.496 e. The number of ether oxygens (including phenoxy) is 1. The van der Waals surface area contributed by atoms with E-state index in [1.807, 2.05) is 38.1 Å². The number of carbonyl (C=O) groups is 2. The van der Waals surface area contributed by atoms with E-state index in [-0.39, 0.29) is 17.9 Å². The van der Waals surface area contributed by atoms with E-state index in [2.05, 4.69) is 4.90 Å². The Bertz CT molecular complexity index is 589. The lowest BCUT2D eigenvalue weighted by atomic mass is 10.1. The molecule has 1 aliphatic rings. The van der Waals surface area contributed by atoms with Gasteiger partial charge in [0.1, 0.15) is 11.8 Å². The molecular weight excluding hydrogens is 306 g/mol. The number of benzene rings is 1. The van der Waals surface area contributed by atoms with Gasteiger partial charge in [0.2, 0.25) is 11.8 Å². The Kier molecular flexibility index (Phi) is 6.20. The number of hydrogen-bond donors (Lipinski definition) is 1. The number of hydrogen-bond acceptors (Lipinski definition) is 4. The molecule has 2 amide bonds. The highest BCUT2D eigenvalue weighted by atomic mass is 16.5. The standard InChI is InChI=1S/C18H27N3O3/c1-13(2)21-11-10-20(12-15(21)18(19)23)17(22)9-8-14-6-4-5-7-16(14)24-3/h4-7,13,15H,8-12H2,1-3H3,(H2,19,23)/t15-/m1/s1. The summed E-state index contributed by atoms with van der Waals surface area (Å²) in [7, 11) is 1.63. The molecule has 0 aliphatic carbocycles. The zero-order valence-corrected chi connectivity index (χ0v) is 14.7. The summed E-state index contributed by atoms with van der Waals surface area (Å²) in [6.07, 6.45) is 1.02. The highest BCUT2D eigenvalue weighted by Gasteiger charge is 2.34. The van der Waals surface area contributed by atoms with Crippen molar-refractivity contribution in [1.29, 1.82) is 0 Å². The normalized spacial score (nSPS) is 18.7. The molecule has 132 valence electrons. The lowest BCUT2D eigenvalue weighted by molar-refractivity contribution is -0.138. The van der Waals surface area contributed by atoms with Gasteiger partial charge in [0, 0.05) is 32.1 Å². The van der Waals surface area contributed by atoms with Crippen LogP contribution in [0.2, 0.25) is 0 Å². The Morgan fingerprint density at radius 3 is 2.62 bits per heavy atom. The fraction of sp³-hybridized carbons (Fsp3) is 0.556. The minimum absolute atomic E-state index is 0.0514. The average Bonchev–Trinajstić information content (AvgIpc) is 2.59. The maximum absolute atomic E-state index is 12.5. The topological polar surface area (TPSA) is 75.9 Å². The summed E-state index contributed by atoms with van der Waals surface area (Å²) >= 11 is 0. The third kappa shape index (κ3) is 4.26. The van der Waals surface area contributed by atoms with Crippen molar-refractivity contribution in [2.24, 2.45) is 5.73 Å². The number of methoxy groups -OCH3 is 1. The number of para-hydroxylation sites is 1. The van der Waals surface area contributed by atoms with E-state index in [1.165, 1.54) is 0 Å². The van der Waals surface area contributed by atoms with Crippen molar-refractivity contribution in [2.45, 2.75) is 38.8 Å². The van der Waals surface area contributed by atoms with Gasteiger partial charge in [-0.15, -0.1) is 0 Å². The van der Waals surface area contributed by atoms with Gasteiger partial charge in [-0.25, -0.2) is 0 Å². The third-order valence-electron chi connectivity index (χ3n) is 4.57. The van der Waals surface area contributed by atoms with E-state index in [0.29, 0.717) is 32.5 Å². The van der Waals surface area contributed by atoms with Crippen LogP contribution in [0.4, 0.5) is 0 Å². The predicted molar refractivity (Wildman–Crippen MR) is 92.7 cm³/mol. The number of aryl methyl sites for hydroxylation is 1. The van der Waals surface area contributed by atoms with Gasteiger partial charge in [-0.05, 0) is 31.9 Å². The summed E-state index contributed by atoms with van der Waals surface area (Å²) in [4.78, 5) is 28.1. The SMILES string of the molecule is COc1ccccc1CCC(=O)N1CCN(C(C)C)[C@@H](C(N)=O)C1. The van der Waals surface area contributed by atoms with Crippen molar-refractivity contribution < 1.29 is 14.3 Å². The molecule has 0 radical (unpaired) electrons. The van der Waals surface area contributed by atoms with E-state index in [1.54, 1.807) is 12.0 Å². The number of amides is 2. The van der Waals surface area contributed by atoms with E-state index in [9.17, 15) is 9.59 Å². The van der Waals surface area contributed by atoms with Gasteiger partial charge in [-0.2, -0.15) is 0 Å². The van der Waals surface area contributed by atoms with Crippen LogP contribution in [0.1, 0.15) is 25.8 Å². The molecule has 6 nitrogen and oxygen atoms in total. The number of carbonyl (C=O) groups excluding carboxylic acids is 2. The van der Waals surface area contributed by atoms with Crippen molar-refractivity contribution in [2.75, 3.05) is 26.7 Å². The summed E-state index contributed by atoms with van der Waals surface area (Å²) in [6.45, 7) is 5.75. The van der Waals surface area contributed by atoms with Crippen LogP contribution in [0.25, 0.3) is 0 Å². The molecule has 24 heavy (non-hydrogen) atoms. The van der Waals surface area contributed by atoms with E-state index < -0.39 is 6.04 Å². The molecule has 0 saturated carbocycles. The van der Waals surface area contributed by atoms with Crippen LogP contribution in [-0.4, -0.2) is 60.4 Å². The summed E-state index contributed by atoms with van der Waals surface area (Å²) in [5.41, 5.74) is 6.54. The van der Waals surface area contributed by atoms with E-state index in [0.717, 1.165) is 11.3 Å². The molecule has 0 aromatic heterocycles. The highest BCUT2D eigenvalue weighted by molar-refractivity contribution is 5.82. The number of nitrogens with two attached hydrogens (primary N) is 1. The Balaban J connectivity index is 1.96. The van der Waals surface area contributed by atoms with Crippen LogP contribution < -0.4 is 10.5 Å².